The Morgan fingerprint density at radius 1 is 1.05 bits per heavy atom. The number of carbonyl (C=O) groups excluding carboxylic acids is 1. The van der Waals surface area contributed by atoms with Crippen LogP contribution in [0.25, 0.3) is 0 Å². The van der Waals surface area contributed by atoms with Gasteiger partial charge in [-0.25, -0.2) is 0 Å². The molecule has 1 saturated heterocycles. The number of hydrogen-bond acceptors (Lipinski definition) is 2. The van der Waals surface area contributed by atoms with Gasteiger partial charge in [0.1, 0.15) is 0 Å². The first-order valence-electron chi connectivity index (χ1n) is 8.16. The van der Waals surface area contributed by atoms with Crippen LogP contribution in [0, 0.1) is 11.8 Å². The van der Waals surface area contributed by atoms with E-state index in [-0.39, 0.29) is 0 Å². The molecule has 0 aromatic heterocycles. The third-order valence-electron chi connectivity index (χ3n) is 4.66. The van der Waals surface area contributed by atoms with Gasteiger partial charge < -0.3 is 10.2 Å². The molecule has 2 aliphatic rings. The van der Waals surface area contributed by atoms with Crippen LogP contribution < -0.4 is 5.32 Å². The first-order valence-corrected chi connectivity index (χ1v) is 8.16. The fraction of sp³-hybridized carbons (Fsp3) is 0.938. The molecular formula is C16H30N2O. The summed E-state index contributed by atoms with van der Waals surface area (Å²) >= 11 is 0. The van der Waals surface area contributed by atoms with E-state index in [9.17, 15) is 4.79 Å². The van der Waals surface area contributed by atoms with E-state index < -0.39 is 0 Å². The van der Waals surface area contributed by atoms with Crippen molar-refractivity contribution in [1.82, 2.24) is 10.2 Å². The average molecular weight is 266 g/mol. The maximum atomic E-state index is 12.1. The molecule has 19 heavy (non-hydrogen) atoms. The van der Waals surface area contributed by atoms with Crippen LogP contribution in [0.4, 0.5) is 0 Å². The standard InChI is InChI=1S/C16H30N2O/c1-13-10-14(2)12-15(11-13)17-7-6-16(19)18-8-4-3-5-9-18/h13-15,17H,3-12H2,1-2H3. The van der Waals surface area contributed by atoms with E-state index >= 15 is 0 Å². The number of rotatable bonds is 4. The molecule has 3 nitrogen and oxygen atoms in total. The highest BCUT2D eigenvalue weighted by Gasteiger charge is 2.23. The number of likely N-dealkylation sites (tertiary alicyclic amines) is 1. The Kier molecular flexibility index (Phi) is 5.68. The lowest BCUT2D eigenvalue weighted by molar-refractivity contribution is -0.132. The van der Waals surface area contributed by atoms with E-state index in [0.29, 0.717) is 18.4 Å². The second kappa shape index (κ2) is 7.28. The molecule has 2 atom stereocenters. The third-order valence-corrected chi connectivity index (χ3v) is 4.66. The van der Waals surface area contributed by atoms with E-state index in [0.717, 1.165) is 31.5 Å². The van der Waals surface area contributed by atoms with Crippen LogP contribution in [0.2, 0.25) is 0 Å². The van der Waals surface area contributed by atoms with Crippen molar-refractivity contribution < 1.29 is 4.79 Å². The maximum Gasteiger partial charge on any atom is 0.223 e. The number of piperidine rings is 1. The van der Waals surface area contributed by atoms with E-state index in [4.69, 9.17) is 0 Å². The summed E-state index contributed by atoms with van der Waals surface area (Å²) in [6, 6.07) is 0.632. The molecule has 1 aliphatic carbocycles. The minimum atomic E-state index is 0.351. The van der Waals surface area contributed by atoms with Crippen molar-refractivity contribution >= 4 is 5.91 Å². The number of carbonyl (C=O) groups is 1. The van der Waals surface area contributed by atoms with Gasteiger partial charge in [0.2, 0.25) is 5.91 Å². The monoisotopic (exact) mass is 266 g/mol. The molecule has 1 amide bonds. The van der Waals surface area contributed by atoms with Crippen LogP contribution in [0.3, 0.4) is 0 Å². The molecule has 1 heterocycles. The van der Waals surface area contributed by atoms with E-state index in [2.05, 4.69) is 24.1 Å². The van der Waals surface area contributed by atoms with Crippen molar-refractivity contribution in [3.05, 3.63) is 0 Å². The van der Waals surface area contributed by atoms with Gasteiger partial charge in [-0.2, -0.15) is 0 Å². The van der Waals surface area contributed by atoms with Gasteiger partial charge in [0, 0.05) is 32.1 Å². The molecule has 110 valence electrons. The molecule has 0 spiro atoms. The zero-order chi connectivity index (χ0) is 13.7. The van der Waals surface area contributed by atoms with Crippen molar-refractivity contribution in [1.29, 1.82) is 0 Å². The lowest BCUT2D eigenvalue weighted by Crippen LogP contribution is -2.40. The summed E-state index contributed by atoms with van der Waals surface area (Å²) in [5, 5.41) is 3.60. The first kappa shape index (κ1) is 14.8. The normalized spacial score (nSPS) is 32.3. The van der Waals surface area contributed by atoms with Gasteiger partial charge in [-0.05, 0) is 50.4 Å². The summed E-state index contributed by atoms with van der Waals surface area (Å²) in [5.74, 6) is 2.02. The maximum absolute atomic E-state index is 12.1. The highest BCUT2D eigenvalue weighted by atomic mass is 16.2. The summed E-state index contributed by atoms with van der Waals surface area (Å²) in [6.45, 7) is 7.53. The van der Waals surface area contributed by atoms with Gasteiger partial charge >= 0.3 is 0 Å². The molecule has 0 bridgehead atoms. The lowest BCUT2D eigenvalue weighted by atomic mass is 9.80. The summed E-state index contributed by atoms with van der Waals surface area (Å²) in [4.78, 5) is 14.1. The van der Waals surface area contributed by atoms with Crippen molar-refractivity contribution in [3.63, 3.8) is 0 Å². The quantitative estimate of drug-likeness (QED) is 0.848. The molecule has 2 fully saturated rings. The van der Waals surface area contributed by atoms with Crippen LogP contribution >= 0.6 is 0 Å². The number of hydrogen-bond donors (Lipinski definition) is 1. The Bertz CT molecular complexity index is 276. The van der Waals surface area contributed by atoms with Crippen molar-refractivity contribution in [2.24, 2.45) is 11.8 Å². The molecule has 3 heteroatoms. The SMILES string of the molecule is CC1CC(C)CC(NCCC(=O)N2CCCCC2)C1. The van der Waals surface area contributed by atoms with Crippen molar-refractivity contribution in [2.45, 2.75) is 64.8 Å². The zero-order valence-corrected chi connectivity index (χ0v) is 12.7. The molecule has 2 rings (SSSR count). The summed E-state index contributed by atoms with van der Waals surface area (Å²) in [6.07, 6.45) is 8.28. The number of amides is 1. The molecule has 1 aliphatic heterocycles. The summed E-state index contributed by atoms with van der Waals surface area (Å²) < 4.78 is 0. The minimum Gasteiger partial charge on any atom is -0.343 e. The van der Waals surface area contributed by atoms with E-state index in [1.165, 1.54) is 38.5 Å². The highest BCUT2D eigenvalue weighted by Crippen LogP contribution is 2.28. The van der Waals surface area contributed by atoms with Gasteiger partial charge in [0.05, 0.1) is 0 Å². The number of nitrogens with zero attached hydrogens (tertiary/aromatic N) is 1. The molecule has 0 radical (unpaired) electrons. The molecule has 0 aromatic rings. The van der Waals surface area contributed by atoms with Crippen molar-refractivity contribution in [3.8, 4) is 0 Å². The van der Waals surface area contributed by atoms with Crippen LogP contribution in [0.15, 0.2) is 0 Å². The smallest absolute Gasteiger partial charge is 0.223 e. The molecule has 0 aromatic carbocycles. The third kappa shape index (κ3) is 4.79. The largest absolute Gasteiger partial charge is 0.343 e. The van der Waals surface area contributed by atoms with Crippen LogP contribution in [0.1, 0.15) is 58.8 Å². The van der Waals surface area contributed by atoms with E-state index in [1.54, 1.807) is 0 Å². The fourth-order valence-electron chi connectivity index (χ4n) is 3.80. The van der Waals surface area contributed by atoms with Gasteiger partial charge in [-0.15, -0.1) is 0 Å². The second-order valence-corrected chi connectivity index (χ2v) is 6.76. The van der Waals surface area contributed by atoms with Gasteiger partial charge in [-0.3, -0.25) is 4.79 Å². The van der Waals surface area contributed by atoms with Gasteiger partial charge in [0.25, 0.3) is 0 Å². The topological polar surface area (TPSA) is 32.3 Å². The molecule has 1 N–H and O–H groups in total. The van der Waals surface area contributed by atoms with Gasteiger partial charge in [0.15, 0.2) is 0 Å². The Balaban J connectivity index is 1.64. The average Bonchev–Trinajstić information content (AvgIpc) is 2.38. The van der Waals surface area contributed by atoms with Crippen molar-refractivity contribution in [2.75, 3.05) is 19.6 Å². The number of nitrogens with one attached hydrogen (secondary N) is 1. The second-order valence-electron chi connectivity index (χ2n) is 6.76. The van der Waals surface area contributed by atoms with Crippen LogP contribution in [-0.4, -0.2) is 36.5 Å². The summed E-state index contributed by atoms with van der Waals surface area (Å²) in [5.41, 5.74) is 0. The fourth-order valence-corrected chi connectivity index (χ4v) is 3.80. The van der Waals surface area contributed by atoms with Crippen LogP contribution in [0.5, 0.6) is 0 Å². The molecule has 1 saturated carbocycles. The Hall–Kier alpha value is -0.570. The lowest BCUT2D eigenvalue weighted by Gasteiger charge is -2.32. The highest BCUT2D eigenvalue weighted by molar-refractivity contribution is 5.76. The predicted molar refractivity (Wildman–Crippen MR) is 79.0 cm³/mol. The molecular weight excluding hydrogens is 236 g/mol. The Morgan fingerprint density at radius 3 is 2.32 bits per heavy atom. The Labute approximate surface area is 118 Å². The van der Waals surface area contributed by atoms with Crippen LogP contribution in [-0.2, 0) is 4.79 Å². The first-order chi connectivity index (χ1) is 9.15. The summed E-state index contributed by atoms with van der Waals surface area (Å²) in [7, 11) is 0. The predicted octanol–water partition coefficient (Wildman–Crippen LogP) is 2.80. The Morgan fingerprint density at radius 2 is 1.68 bits per heavy atom. The minimum absolute atomic E-state index is 0.351. The van der Waals surface area contributed by atoms with E-state index in [1.807, 2.05) is 0 Å². The molecule has 2 unspecified atom stereocenters. The zero-order valence-electron chi connectivity index (χ0n) is 12.7. The van der Waals surface area contributed by atoms with Gasteiger partial charge in [-0.1, -0.05) is 13.8 Å².